The van der Waals surface area contributed by atoms with Crippen molar-refractivity contribution in [2.45, 2.75) is 24.1 Å². The molecule has 0 aromatic carbocycles. The molecule has 2 N–H and O–H groups in total. The molecule has 2 atom stereocenters. The van der Waals surface area contributed by atoms with Crippen molar-refractivity contribution in [3.8, 4) is 0 Å². The van der Waals surface area contributed by atoms with E-state index in [4.69, 9.17) is 5.73 Å². The average molecular weight is 186 g/mol. The molecule has 10 heavy (non-hydrogen) atoms. The Labute approximate surface area is 67.3 Å². The van der Waals surface area contributed by atoms with Gasteiger partial charge in [0.1, 0.15) is 0 Å². The van der Waals surface area contributed by atoms with Gasteiger partial charge in [-0.05, 0) is 12.8 Å². The number of hydrogen-bond acceptors (Lipinski definition) is 3. The van der Waals surface area contributed by atoms with E-state index in [1.165, 1.54) is 6.26 Å². The number of rotatable bonds is 1. The molecule has 1 rings (SSSR count). The molecule has 3 nitrogen and oxygen atoms in total. The van der Waals surface area contributed by atoms with Gasteiger partial charge in [-0.25, -0.2) is 8.42 Å². The lowest BCUT2D eigenvalue weighted by Gasteiger charge is -2.31. The fourth-order valence-electron chi connectivity index (χ4n) is 1.03. The molecule has 0 aliphatic heterocycles. The summed E-state index contributed by atoms with van der Waals surface area (Å²) >= 11 is 0. The minimum Gasteiger partial charge on any atom is -0.327 e. The Kier molecular flexibility index (Phi) is 3.13. The first-order chi connectivity index (χ1) is 4.02. The van der Waals surface area contributed by atoms with E-state index in [2.05, 4.69) is 0 Å². The van der Waals surface area contributed by atoms with E-state index < -0.39 is 9.84 Å². The summed E-state index contributed by atoms with van der Waals surface area (Å²) in [7, 11) is -2.84. The molecule has 0 aromatic rings. The molecule has 0 saturated heterocycles. The average Bonchev–Trinajstić information content (AvgIpc) is 1.57. The first kappa shape index (κ1) is 10.2. The van der Waals surface area contributed by atoms with Crippen LogP contribution in [0, 0.1) is 0 Å². The van der Waals surface area contributed by atoms with Crippen LogP contribution < -0.4 is 5.73 Å². The third-order valence-corrected chi connectivity index (χ3v) is 3.50. The normalized spacial score (nSPS) is 32.2. The highest BCUT2D eigenvalue weighted by Gasteiger charge is 2.35. The zero-order valence-electron chi connectivity index (χ0n) is 5.78. The summed E-state index contributed by atoms with van der Waals surface area (Å²) in [6.07, 6.45) is 2.86. The second-order valence-electron chi connectivity index (χ2n) is 2.61. The van der Waals surface area contributed by atoms with Crippen molar-refractivity contribution in [1.82, 2.24) is 0 Å². The Morgan fingerprint density at radius 1 is 1.40 bits per heavy atom. The van der Waals surface area contributed by atoms with Gasteiger partial charge in [0.15, 0.2) is 9.84 Å². The Morgan fingerprint density at radius 2 is 1.90 bits per heavy atom. The van der Waals surface area contributed by atoms with Crippen LogP contribution >= 0.6 is 12.4 Å². The van der Waals surface area contributed by atoms with Crippen LogP contribution in [-0.2, 0) is 9.84 Å². The quantitative estimate of drug-likeness (QED) is 0.623. The van der Waals surface area contributed by atoms with Gasteiger partial charge in [0.05, 0.1) is 5.25 Å². The van der Waals surface area contributed by atoms with Gasteiger partial charge in [-0.1, -0.05) is 0 Å². The molecule has 0 heterocycles. The standard InChI is InChI=1S/C5H11NO2S.ClH/c1-9(7,8)5-3-2-4(5)6;/h4-5H,2-3,6H2,1H3;1H. The van der Waals surface area contributed by atoms with Crippen LogP contribution in [0.3, 0.4) is 0 Å². The second kappa shape index (κ2) is 3.07. The van der Waals surface area contributed by atoms with Crippen molar-refractivity contribution in [3.63, 3.8) is 0 Å². The molecular formula is C5H12ClNO2S. The molecule has 0 bridgehead atoms. The number of hydrogen-bond donors (Lipinski definition) is 1. The van der Waals surface area contributed by atoms with E-state index >= 15 is 0 Å². The van der Waals surface area contributed by atoms with Gasteiger partial charge in [-0.3, -0.25) is 0 Å². The van der Waals surface area contributed by atoms with Crippen LogP contribution in [0.25, 0.3) is 0 Å². The SMILES string of the molecule is CS(=O)(=O)C1CCC1N.Cl. The molecule has 62 valence electrons. The van der Waals surface area contributed by atoms with Crippen molar-refractivity contribution >= 4 is 22.2 Å². The maximum atomic E-state index is 10.7. The molecule has 2 unspecified atom stereocenters. The van der Waals surface area contributed by atoms with Crippen molar-refractivity contribution < 1.29 is 8.42 Å². The zero-order chi connectivity index (χ0) is 7.07. The van der Waals surface area contributed by atoms with Gasteiger partial charge >= 0.3 is 0 Å². The van der Waals surface area contributed by atoms with Gasteiger partial charge in [0.25, 0.3) is 0 Å². The third kappa shape index (κ3) is 1.84. The maximum Gasteiger partial charge on any atom is 0.151 e. The molecule has 0 spiro atoms. The number of nitrogens with two attached hydrogens (primary N) is 1. The fraction of sp³-hybridized carbons (Fsp3) is 1.00. The van der Waals surface area contributed by atoms with Crippen molar-refractivity contribution in [1.29, 1.82) is 0 Å². The summed E-state index contributed by atoms with van der Waals surface area (Å²) in [5.41, 5.74) is 5.43. The summed E-state index contributed by atoms with van der Waals surface area (Å²) in [5.74, 6) is 0. The Balaban J connectivity index is 0.000000810. The monoisotopic (exact) mass is 185 g/mol. The van der Waals surface area contributed by atoms with E-state index in [0.29, 0.717) is 0 Å². The lowest BCUT2D eigenvalue weighted by molar-refractivity contribution is 0.410. The minimum atomic E-state index is -2.84. The highest BCUT2D eigenvalue weighted by Crippen LogP contribution is 2.24. The molecule has 0 radical (unpaired) electrons. The molecule has 5 heteroatoms. The van der Waals surface area contributed by atoms with Crippen LogP contribution in [0.2, 0.25) is 0 Å². The largest absolute Gasteiger partial charge is 0.327 e. The molecule has 1 fully saturated rings. The molecule has 0 aromatic heterocycles. The lowest BCUT2D eigenvalue weighted by atomic mass is 9.93. The lowest BCUT2D eigenvalue weighted by Crippen LogP contribution is -2.48. The minimum absolute atomic E-state index is 0. The maximum absolute atomic E-state index is 10.7. The van der Waals surface area contributed by atoms with Gasteiger partial charge in [0.2, 0.25) is 0 Å². The molecule has 1 aliphatic rings. The summed E-state index contributed by atoms with van der Waals surface area (Å²) < 4.78 is 21.5. The van der Waals surface area contributed by atoms with Gasteiger partial charge in [0, 0.05) is 12.3 Å². The van der Waals surface area contributed by atoms with Crippen LogP contribution in [-0.4, -0.2) is 26.0 Å². The van der Waals surface area contributed by atoms with Crippen LogP contribution in [0.5, 0.6) is 0 Å². The summed E-state index contributed by atoms with van der Waals surface area (Å²) in [6.45, 7) is 0. The summed E-state index contributed by atoms with van der Waals surface area (Å²) in [4.78, 5) is 0. The van der Waals surface area contributed by atoms with Gasteiger partial charge in [-0.15, -0.1) is 12.4 Å². The van der Waals surface area contributed by atoms with Crippen LogP contribution in [0.15, 0.2) is 0 Å². The van der Waals surface area contributed by atoms with Crippen LogP contribution in [0.1, 0.15) is 12.8 Å². The topological polar surface area (TPSA) is 60.2 Å². The predicted octanol–water partition coefficient (Wildman–Crippen LogP) is -0.0575. The van der Waals surface area contributed by atoms with Crippen molar-refractivity contribution in [3.05, 3.63) is 0 Å². The fourth-order valence-corrected chi connectivity index (χ4v) is 2.36. The molecule has 0 amide bonds. The molecular weight excluding hydrogens is 174 g/mol. The molecule has 1 aliphatic carbocycles. The first-order valence-electron chi connectivity index (χ1n) is 2.96. The smallest absolute Gasteiger partial charge is 0.151 e. The second-order valence-corrected chi connectivity index (χ2v) is 4.87. The number of sulfone groups is 1. The number of halogens is 1. The Hall–Kier alpha value is 0.200. The highest BCUT2D eigenvalue weighted by molar-refractivity contribution is 7.91. The van der Waals surface area contributed by atoms with Gasteiger partial charge in [-0.2, -0.15) is 0 Å². The predicted molar refractivity (Wildman–Crippen MR) is 43.1 cm³/mol. The zero-order valence-corrected chi connectivity index (χ0v) is 7.41. The van der Waals surface area contributed by atoms with Crippen molar-refractivity contribution in [2.24, 2.45) is 5.73 Å². The first-order valence-corrected chi connectivity index (χ1v) is 4.92. The van der Waals surface area contributed by atoms with E-state index in [0.717, 1.165) is 12.8 Å². The van der Waals surface area contributed by atoms with E-state index in [1.807, 2.05) is 0 Å². The highest BCUT2D eigenvalue weighted by atomic mass is 35.5. The Morgan fingerprint density at radius 3 is 1.90 bits per heavy atom. The van der Waals surface area contributed by atoms with E-state index in [1.54, 1.807) is 0 Å². The van der Waals surface area contributed by atoms with E-state index in [9.17, 15) is 8.42 Å². The summed E-state index contributed by atoms with van der Waals surface area (Å²) in [5, 5.41) is -0.252. The van der Waals surface area contributed by atoms with Gasteiger partial charge < -0.3 is 5.73 Å². The third-order valence-electron chi connectivity index (χ3n) is 1.81. The summed E-state index contributed by atoms with van der Waals surface area (Å²) in [6, 6.07) is -0.0972. The van der Waals surface area contributed by atoms with Crippen molar-refractivity contribution in [2.75, 3.05) is 6.26 Å². The van der Waals surface area contributed by atoms with E-state index in [-0.39, 0.29) is 23.7 Å². The Bertz CT molecular complexity index is 202. The molecule has 1 saturated carbocycles. The van der Waals surface area contributed by atoms with Crippen LogP contribution in [0.4, 0.5) is 0 Å².